The van der Waals surface area contributed by atoms with Crippen molar-refractivity contribution in [3.8, 4) is 0 Å². The Morgan fingerprint density at radius 1 is 1.03 bits per heavy atom. The minimum atomic E-state index is -0.431. The van der Waals surface area contributed by atoms with Gasteiger partial charge in [-0.25, -0.2) is 4.79 Å². The van der Waals surface area contributed by atoms with Gasteiger partial charge in [-0.2, -0.15) is 5.10 Å². The molecule has 0 saturated carbocycles. The zero-order chi connectivity index (χ0) is 24.9. The van der Waals surface area contributed by atoms with Crippen molar-refractivity contribution in [3.05, 3.63) is 82.9 Å². The summed E-state index contributed by atoms with van der Waals surface area (Å²) in [4.78, 5) is 34.2. The first-order valence-electron chi connectivity index (χ1n) is 12.8. The lowest BCUT2D eigenvalue weighted by atomic mass is 9.89. The van der Waals surface area contributed by atoms with Crippen molar-refractivity contribution in [1.29, 1.82) is 0 Å². The van der Waals surface area contributed by atoms with Crippen LogP contribution in [-0.4, -0.2) is 69.2 Å². The third kappa shape index (κ3) is 5.33. The summed E-state index contributed by atoms with van der Waals surface area (Å²) < 4.78 is 7.17. The molecule has 0 spiro atoms. The van der Waals surface area contributed by atoms with Crippen molar-refractivity contribution in [2.24, 2.45) is 0 Å². The third-order valence-electron chi connectivity index (χ3n) is 7.25. The summed E-state index contributed by atoms with van der Waals surface area (Å²) in [7, 11) is 0. The topological polar surface area (TPSA) is 80.6 Å². The number of hydrogen-bond acceptors (Lipinski definition) is 6. The molecule has 1 saturated heterocycles. The van der Waals surface area contributed by atoms with Crippen molar-refractivity contribution < 1.29 is 14.3 Å². The van der Waals surface area contributed by atoms with E-state index in [1.54, 1.807) is 19.3 Å². The molecule has 0 bridgehead atoms. The van der Waals surface area contributed by atoms with E-state index in [1.807, 2.05) is 21.7 Å². The van der Waals surface area contributed by atoms with Crippen LogP contribution in [0.2, 0.25) is 0 Å². The summed E-state index contributed by atoms with van der Waals surface area (Å²) in [5.74, 6) is 0.239. The summed E-state index contributed by atoms with van der Waals surface area (Å²) in [6.45, 7) is 5.88. The number of benzene rings is 1. The van der Waals surface area contributed by atoms with E-state index in [4.69, 9.17) is 4.74 Å². The van der Waals surface area contributed by atoms with Gasteiger partial charge < -0.3 is 9.64 Å². The van der Waals surface area contributed by atoms with Crippen LogP contribution in [-0.2, 0) is 29.0 Å². The van der Waals surface area contributed by atoms with Gasteiger partial charge >= 0.3 is 5.97 Å². The van der Waals surface area contributed by atoms with Crippen LogP contribution in [0.5, 0.6) is 0 Å². The highest BCUT2D eigenvalue weighted by Crippen LogP contribution is 2.28. The molecule has 3 aromatic rings. The van der Waals surface area contributed by atoms with Crippen LogP contribution in [0.25, 0.3) is 0 Å². The number of carbonyl (C=O) groups is 2. The number of ether oxygens (including phenoxy) is 1. The lowest BCUT2D eigenvalue weighted by Gasteiger charge is -2.34. The van der Waals surface area contributed by atoms with Gasteiger partial charge in [0.25, 0.3) is 0 Å². The average molecular weight is 488 g/mol. The molecule has 4 heterocycles. The number of piperidine rings is 1. The number of pyridine rings is 1. The number of nitrogens with zero attached hydrogens (tertiary/aromatic N) is 5. The zero-order valence-corrected chi connectivity index (χ0v) is 20.8. The highest BCUT2D eigenvalue weighted by atomic mass is 16.5. The molecule has 8 heteroatoms. The van der Waals surface area contributed by atoms with Crippen LogP contribution in [0.1, 0.15) is 58.6 Å². The van der Waals surface area contributed by atoms with Gasteiger partial charge in [0.15, 0.2) is 5.69 Å². The van der Waals surface area contributed by atoms with Crippen LogP contribution in [0.3, 0.4) is 0 Å². The number of carbonyl (C=O) groups excluding carboxylic acids is 2. The standard InChI is InChI=1S/C28H33N5O3/c1-2-36-28(35)27-24-19-32(17-12-25(24)33(30-27)18-21-8-13-29-14-9-21)26(34)20-31-15-10-23(11-16-31)22-6-4-3-5-7-22/h3-9,13-14,23H,2,10-12,15-20H2,1H3. The monoisotopic (exact) mass is 487 g/mol. The Bertz CT molecular complexity index is 1190. The predicted octanol–water partition coefficient (Wildman–Crippen LogP) is 3.27. The molecule has 1 fully saturated rings. The molecule has 0 radical (unpaired) electrons. The maximum atomic E-state index is 13.3. The van der Waals surface area contributed by atoms with Crippen molar-refractivity contribution in [3.63, 3.8) is 0 Å². The van der Waals surface area contributed by atoms with Crippen LogP contribution in [0, 0.1) is 0 Å². The SMILES string of the molecule is CCOC(=O)c1nn(Cc2ccncc2)c2c1CN(C(=O)CN1CCC(c3ccccc3)CC1)CC2. The summed E-state index contributed by atoms with van der Waals surface area (Å²) in [5.41, 5.74) is 4.58. The van der Waals surface area contributed by atoms with Gasteiger partial charge in [0.05, 0.1) is 19.7 Å². The first kappa shape index (κ1) is 24.2. The largest absolute Gasteiger partial charge is 0.461 e. The molecular weight excluding hydrogens is 454 g/mol. The second-order valence-electron chi connectivity index (χ2n) is 9.53. The molecule has 0 atom stereocenters. The van der Waals surface area contributed by atoms with Gasteiger partial charge in [-0.15, -0.1) is 0 Å². The van der Waals surface area contributed by atoms with Gasteiger partial charge in [-0.05, 0) is 62.0 Å². The Hall–Kier alpha value is -3.52. The molecule has 5 rings (SSSR count). The minimum Gasteiger partial charge on any atom is -0.461 e. The van der Waals surface area contributed by atoms with Crippen LogP contribution in [0.4, 0.5) is 0 Å². The van der Waals surface area contributed by atoms with Gasteiger partial charge in [0.1, 0.15) is 0 Å². The van der Waals surface area contributed by atoms with Gasteiger partial charge in [-0.3, -0.25) is 19.4 Å². The summed E-state index contributed by atoms with van der Waals surface area (Å²) in [6.07, 6.45) is 6.29. The molecule has 2 aliphatic heterocycles. The van der Waals surface area contributed by atoms with E-state index < -0.39 is 5.97 Å². The van der Waals surface area contributed by atoms with Gasteiger partial charge in [-0.1, -0.05) is 30.3 Å². The predicted molar refractivity (Wildman–Crippen MR) is 136 cm³/mol. The van der Waals surface area contributed by atoms with Crippen LogP contribution >= 0.6 is 0 Å². The maximum absolute atomic E-state index is 13.3. The number of hydrogen-bond donors (Lipinski definition) is 0. The lowest BCUT2D eigenvalue weighted by molar-refractivity contribution is -0.133. The summed E-state index contributed by atoms with van der Waals surface area (Å²) >= 11 is 0. The lowest BCUT2D eigenvalue weighted by Crippen LogP contribution is -2.45. The van der Waals surface area contributed by atoms with Gasteiger partial charge in [0.2, 0.25) is 5.91 Å². The average Bonchev–Trinajstić information content (AvgIpc) is 3.28. The van der Waals surface area contributed by atoms with Crippen molar-refractivity contribution >= 4 is 11.9 Å². The summed E-state index contributed by atoms with van der Waals surface area (Å²) in [6, 6.07) is 14.5. The molecule has 2 aliphatic rings. The smallest absolute Gasteiger partial charge is 0.359 e. The third-order valence-corrected chi connectivity index (χ3v) is 7.25. The van der Waals surface area contributed by atoms with E-state index in [0.29, 0.717) is 44.2 Å². The fourth-order valence-electron chi connectivity index (χ4n) is 5.30. The second-order valence-corrected chi connectivity index (χ2v) is 9.53. The Labute approximate surface area is 211 Å². The number of esters is 1. The van der Waals surface area contributed by atoms with E-state index in [-0.39, 0.29) is 12.5 Å². The first-order chi connectivity index (χ1) is 17.6. The number of rotatable bonds is 7. The highest BCUT2D eigenvalue weighted by Gasteiger charge is 2.32. The quantitative estimate of drug-likeness (QED) is 0.476. The Morgan fingerprint density at radius 2 is 1.78 bits per heavy atom. The Balaban J connectivity index is 1.25. The summed E-state index contributed by atoms with van der Waals surface area (Å²) in [5, 5.41) is 4.63. The molecule has 1 amide bonds. The van der Waals surface area contributed by atoms with Gasteiger partial charge in [0, 0.05) is 43.2 Å². The van der Waals surface area contributed by atoms with Crippen molar-refractivity contribution in [2.75, 3.05) is 32.8 Å². The molecule has 36 heavy (non-hydrogen) atoms. The molecule has 0 N–H and O–H groups in total. The molecule has 8 nitrogen and oxygen atoms in total. The molecule has 2 aromatic heterocycles. The van der Waals surface area contributed by atoms with Crippen molar-refractivity contribution in [2.45, 2.75) is 45.2 Å². The van der Waals surface area contributed by atoms with Crippen LogP contribution in [0.15, 0.2) is 54.9 Å². The number of fused-ring (bicyclic) bond motifs is 1. The minimum absolute atomic E-state index is 0.107. The molecule has 188 valence electrons. The number of aromatic nitrogens is 3. The number of amides is 1. The number of likely N-dealkylation sites (tertiary alicyclic amines) is 1. The highest BCUT2D eigenvalue weighted by molar-refractivity contribution is 5.89. The second kappa shape index (κ2) is 11.0. The van der Waals surface area contributed by atoms with E-state index in [0.717, 1.165) is 42.8 Å². The Kier molecular flexibility index (Phi) is 7.41. The normalized spacial score (nSPS) is 16.5. The molecule has 1 aromatic carbocycles. The molecular formula is C28H33N5O3. The Morgan fingerprint density at radius 3 is 2.50 bits per heavy atom. The van der Waals surface area contributed by atoms with E-state index >= 15 is 0 Å². The molecule has 0 aliphatic carbocycles. The molecule has 0 unspecified atom stereocenters. The first-order valence-corrected chi connectivity index (χ1v) is 12.8. The maximum Gasteiger partial charge on any atom is 0.359 e. The van der Waals surface area contributed by atoms with E-state index in [1.165, 1.54) is 5.56 Å². The van der Waals surface area contributed by atoms with Crippen LogP contribution < -0.4 is 0 Å². The fraction of sp³-hybridized carbons (Fsp3) is 0.429. The van der Waals surface area contributed by atoms with E-state index in [2.05, 4.69) is 45.3 Å². The van der Waals surface area contributed by atoms with E-state index in [9.17, 15) is 9.59 Å². The zero-order valence-electron chi connectivity index (χ0n) is 20.8. The fourth-order valence-corrected chi connectivity index (χ4v) is 5.30. The van der Waals surface area contributed by atoms with Crippen molar-refractivity contribution in [1.82, 2.24) is 24.6 Å².